The molecule has 5 heteroatoms. The normalized spacial score (nSPS) is 26.8. The molecule has 0 N–H and O–H groups in total. The third-order valence-electron chi connectivity index (χ3n) is 3.62. The van der Waals surface area contributed by atoms with E-state index in [0.29, 0.717) is 11.4 Å². The lowest BCUT2D eigenvalue weighted by Gasteiger charge is -2.33. The average molecular weight is 281 g/mol. The predicted octanol–water partition coefficient (Wildman–Crippen LogP) is 2.65. The number of halogens is 1. The Hall–Kier alpha value is -1.55. The van der Waals surface area contributed by atoms with Gasteiger partial charge in [0.1, 0.15) is 0 Å². The van der Waals surface area contributed by atoms with E-state index < -0.39 is 23.1 Å². The molecule has 1 saturated heterocycles. The fraction of sp³-hybridized carbons (Fsp3) is 0.429. The molecule has 3 rings (SSSR count). The second-order valence-corrected chi connectivity index (χ2v) is 5.90. The Morgan fingerprint density at radius 3 is 2.42 bits per heavy atom. The van der Waals surface area contributed by atoms with Crippen molar-refractivity contribution in [3.8, 4) is 0 Å². The molecular weight excluding hydrogens is 268 g/mol. The number of hydrogen-bond acceptors (Lipinski definition) is 4. The molecule has 2 aliphatic rings. The van der Waals surface area contributed by atoms with Crippen LogP contribution in [0.15, 0.2) is 24.3 Å². The first kappa shape index (κ1) is 12.5. The van der Waals surface area contributed by atoms with Crippen molar-refractivity contribution >= 4 is 23.5 Å². The highest BCUT2D eigenvalue weighted by Gasteiger charge is 2.72. The molecule has 1 saturated carbocycles. The van der Waals surface area contributed by atoms with Crippen molar-refractivity contribution in [3.63, 3.8) is 0 Å². The number of rotatable bonds is 1. The van der Waals surface area contributed by atoms with Crippen molar-refractivity contribution in [1.82, 2.24) is 0 Å². The summed E-state index contributed by atoms with van der Waals surface area (Å²) in [6, 6.07) is 7.17. The van der Waals surface area contributed by atoms with Crippen molar-refractivity contribution in [2.45, 2.75) is 32.0 Å². The van der Waals surface area contributed by atoms with Gasteiger partial charge in [-0.1, -0.05) is 23.7 Å². The molecule has 1 aliphatic heterocycles. The molecule has 19 heavy (non-hydrogen) atoms. The van der Waals surface area contributed by atoms with Gasteiger partial charge in [0.25, 0.3) is 5.79 Å². The molecule has 0 bridgehead atoms. The lowest BCUT2D eigenvalue weighted by Crippen LogP contribution is -2.48. The second-order valence-electron chi connectivity index (χ2n) is 5.46. The fourth-order valence-corrected chi connectivity index (χ4v) is 2.77. The molecule has 1 heterocycles. The molecule has 0 amide bonds. The quantitative estimate of drug-likeness (QED) is 0.586. The minimum Gasteiger partial charge on any atom is -0.422 e. The monoisotopic (exact) mass is 280 g/mol. The Balaban J connectivity index is 1.92. The Labute approximate surface area is 115 Å². The van der Waals surface area contributed by atoms with Gasteiger partial charge in [-0.2, -0.15) is 0 Å². The molecule has 0 radical (unpaired) electrons. The van der Waals surface area contributed by atoms with E-state index in [1.165, 1.54) is 0 Å². The molecule has 2 fully saturated rings. The summed E-state index contributed by atoms with van der Waals surface area (Å²) in [4.78, 5) is 24.2. The molecule has 1 unspecified atom stereocenters. The van der Waals surface area contributed by atoms with Crippen LogP contribution < -0.4 is 0 Å². The maximum absolute atomic E-state index is 12.1. The van der Waals surface area contributed by atoms with Crippen LogP contribution in [0, 0.1) is 5.41 Å². The van der Waals surface area contributed by atoms with Crippen molar-refractivity contribution in [2.75, 3.05) is 0 Å². The summed E-state index contributed by atoms with van der Waals surface area (Å²) in [5, 5.41) is 0.581. The average Bonchev–Trinajstić information content (AvgIpc) is 3.02. The first-order chi connectivity index (χ1) is 8.85. The standard InChI is InChI=1S/C14H13ClO4/c1-13(2)18-11(16)14(12(17)19-13)7-10(14)8-4-3-5-9(15)6-8/h3-6,10H,7H2,1-2H3. The summed E-state index contributed by atoms with van der Waals surface area (Å²) in [6.45, 7) is 3.10. The van der Waals surface area contributed by atoms with E-state index in [0.717, 1.165) is 5.56 Å². The molecular formula is C14H13ClO4. The van der Waals surface area contributed by atoms with E-state index in [9.17, 15) is 9.59 Å². The van der Waals surface area contributed by atoms with Crippen LogP contribution in [0.1, 0.15) is 31.7 Å². The van der Waals surface area contributed by atoms with Crippen LogP contribution in [0.4, 0.5) is 0 Å². The van der Waals surface area contributed by atoms with Crippen LogP contribution >= 0.6 is 11.6 Å². The van der Waals surface area contributed by atoms with Crippen LogP contribution in [0.25, 0.3) is 0 Å². The summed E-state index contributed by atoms with van der Waals surface area (Å²) in [6.07, 6.45) is 0.418. The van der Waals surface area contributed by atoms with Crippen LogP contribution in [0.2, 0.25) is 5.02 Å². The molecule has 1 atom stereocenters. The molecule has 1 aromatic rings. The highest BCUT2D eigenvalue weighted by Crippen LogP contribution is 2.63. The zero-order chi connectivity index (χ0) is 13.8. The first-order valence-electron chi connectivity index (χ1n) is 6.07. The number of hydrogen-bond donors (Lipinski definition) is 0. The Bertz CT molecular complexity index is 559. The van der Waals surface area contributed by atoms with Gasteiger partial charge >= 0.3 is 11.9 Å². The largest absolute Gasteiger partial charge is 0.422 e. The van der Waals surface area contributed by atoms with Crippen molar-refractivity contribution in [1.29, 1.82) is 0 Å². The summed E-state index contributed by atoms with van der Waals surface area (Å²) < 4.78 is 10.4. The maximum atomic E-state index is 12.1. The minimum absolute atomic E-state index is 0.206. The summed E-state index contributed by atoms with van der Waals surface area (Å²) in [5.41, 5.74) is -0.304. The van der Waals surface area contributed by atoms with Gasteiger partial charge in [0, 0.05) is 24.8 Å². The number of ether oxygens (including phenoxy) is 2. The van der Waals surface area contributed by atoms with Gasteiger partial charge in [-0.05, 0) is 24.1 Å². The fourth-order valence-electron chi connectivity index (χ4n) is 2.57. The van der Waals surface area contributed by atoms with Gasteiger partial charge in [-0.25, -0.2) is 0 Å². The molecule has 1 spiro atoms. The summed E-state index contributed by atoms with van der Waals surface area (Å²) >= 11 is 5.93. The van der Waals surface area contributed by atoms with Crippen molar-refractivity contribution < 1.29 is 19.1 Å². The highest BCUT2D eigenvalue weighted by molar-refractivity contribution is 6.30. The molecule has 0 aromatic heterocycles. The lowest BCUT2D eigenvalue weighted by atomic mass is 9.98. The van der Waals surface area contributed by atoms with Gasteiger partial charge in [0.2, 0.25) is 0 Å². The van der Waals surface area contributed by atoms with Crippen LogP contribution in [0.3, 0.4) is 0 Å². The highest BCUT2D eigenvalue weighted by atomic mass is 35.5. The number of esters is 2. The van der Waals surface area contributed by atoms with E-state index in [2.05, 4.69) is 0 Å². The number of carbonyl (C=O) groups is 2. The van der Waals surface area contributed by atoms with E-state index in [4.69, 9.17) is 21.1 Å². The zero-order valence-electron chi connectivity index (χ0n) is 10.6. The predicted molar refractivity (Wildman–Crippen MR) is 67.5 cm³/mol. The molecule has 4 nitrogen and oxygen atoms in total. The molecule has 100 valence electrons. The third kappa shape index (κ3) is 1.82. The number of benzene rings is 1. The Morgan fingerprint density at radius 2 is 1.84 bits per heavy atom. The van der Waals surface area contributed by atoms with Gasteiger partial charge in [0.05, 0.1) is 0 Å². The van der Waals surface area contributed by atoms with Gasteiger partial charge in [-0.15, -0.1) is 0 Å². The number of carbonyl (C=O) groups excluding carboxylic acids is 2. The summed E-state index contributed by atoms with van der Waals surface area (Å²) in [7, 11) is 0. The van der Waals surface area contributed by atoms with Crippen LogP contribution in [-0.2, 0) is 19.1 Å². The van der Waals surface area contributed by atoms with Gasteiger partial charge < -0.3 is 9.47 Å². The first-order valence-corrected chi connectivity index (χ1v) is 6.45. The van der Waals surface area contributed by atoms with Gasteiger partial charge in [-0.3, -0.25) is 9.59 Å². The van der Waals surface area contributed by atoms with E-state index in [1.54, 1.807) is 32.0 Å². The number of cyclic esters (lactones) is 2. The van der Waals surface area contributed by atoms with Crippen molar-refractivity contribution in [3.05, 3.63) is 34.9 Å². The third-order valence-corrected chi connectivity index (χ3v) is 3.85. The summed E-state index contributed by atoms with van der Waals surface area (Å²) in [5.74, 6) is -2.39. The minimum atomic E-state index is -1.18. The molecule has 1 aliphatic carbocycles. The Kier molecular flexibility index (Phi) is 2.45. The van der Waals surface area contributed by atoms with E-state index in [1.807, 2.05) is 6.07 Å². The zero-order valence-corrected chi connectivity index (χ0v) is 11.4. The lowest BCUT2D eigenvalue weighted by molar-refractivity contribution is -0.243. The second kappa shape index (κ2) is 3.73. The molecule has 1 aromatic carbocycles. The Morgan fingerprint density at radius 1 is 1.21 bits per heavy atom. The SMILES string of the molecule is CC1(C)OC(=O)C2(CC2c2cccc(Cl)c2)C(=O)O1. The smallest absolute Gasteiger partial charge is 0.327 e. The van der Waals surface area contributed by atoms with E-state index >= 15 is 0 Å². The topological polar surface area (TPSA) is 52.6 Å². The van der Waals surface area contributed by atoms with Gasteiger partial charge in [0.15, 0.2) is 5.41 Å². The maximum Gasteiger partial charge on any atom is 0.327 e. The van der Waals surface area contributed by atoms with Crippen molar-refractivity contribution in [2.24, 2.45) is 5.41 Å². The van der Waals surface area contributed by atoms with E-state index in [-0.39, 0.29) is 5.92 Å². The van der Waals surface area contributed by atoms with Crippen LogP contribution in [0.5, 0.6) is 0 Å². The van der Waals surface area contributed by atoms with Crippen LogP contribution in [-0.4, -0.2) is 17.7 Å².